The molecular weight excluding hydrogens is 390 g/mol. The molecule has 1 aliphatic carbocycles. The minimum atomic E-state index is -3.47. The topological polar surface area (TPSA) is 80.2 Å². The van der Waals surface area contributed by atoms with E-state index in [1.165, 1.54) is 17.5 Å². The first kappa shape index (κ1) is 20.8. The highest BCUT2D eigenvalue weighted by atomic mass is 32.2. The summed E-state index contributed by atoms with van der Waals surface area (Å²) >= 11 is 0. The number of carbonyl (C=O) groups excluding carboxylic acids is 1. The van der Waals surface area contributed by atoms with E-state index in [1.807, 2.05) is 12.1 Å². The summed E-state index contributed by atoms with van der Waals surface area (Å²) < 4.78 is 33.3. The number of amides is 1. The van der Waals surface area contributed by atoms with Gasteiger partial charge in [-0.2, -0.15) is 4.31 Å². The van der Waals surface area contributed by atoms with Crippen LogP contribution in [0.5, 0.6) is 0 Å². The van der Waals surface area contributed by atoms with Crippen molar-refractivity contribution < 1.29 is 22.8 Å². The molecule has 8 heteroatoms. The first-order chi connectivity index (χ1) is 14.0. The number of quaternary nitrogens is 1. The number of nitrogens with zero attached hydrogens (tertiary/aromatic N) is 1. The van der Waals surface area contributed by atoms with E-state index in [9.17, 15) is 13.2 Å². The van der Waals surface area contributed by atoms with Crippen molar-refractivity contribution in [2.45, 2.75) is 49.5 Å². The molecule has 7 nitrogen and oxygen atoms in total. The van der Waals surface area contributed by atoms with Crippen LogP contribution in [0, 0.1) is 0 Å². The molecule has 2 fully saturated rings. The van der Waals surface area contributed by atoms with Crippen LogP contribution in [0.1, 0.15) is 36.8 Å². The number of benzene rings is 1. The quantitative estimate of drug-likeness (QED) is 0.663. The Morgan fingerprint density at radius 1 is 1.14 bits per heavy atom. The van der Waals surface area contributed by atoms with Crippen LogP contribution in [0.4, 0.5) is 0 Å². The van der Waals surface area contributed by atoms with Gasteiger partial charge in [0.1, 0.15) is 0 Å². The average Bonchev–Trinajstić information content (AvgIpc) is 3.26. The van der Waals surface area contributed by atoms with Gasteiger partial charge >= 0.3 is 0 Å². The van der Waals surface area contributed by atoms with Gasteiger partial charge in [0, 0.05) is 13.2 Å². The number of piperazine rings is 1. The number of fused-ring (bicyclic) bond motifs is 1. The lowest BCUT2D eigenvalue weighted by molar-refractivity contribution is -0.895. The van der Waals surface area contributed by atoms with Crippen molar-refractivity contribution in [2.75, 3.05) is 45.9 Å². The Bertz CT molecular complexity index is 828. The molecule has 3 aliphatic rings. The molecule has 160 valence electrons. The SMILES string of the molecule is O=C(C[NH+]1CCN(S(=O)(=O)c2ccc3c(c2)CCCC3)CC1)NC[C@H]1CCCO1. The third-order valence-electron chi connectivity index (χ3n) is 6.35. The summed E-state index contributed by atoms with van der Waals surface area (Å²) in [5, 5.41) is 2.95. The Kier molecular flexibility index (Phi) is 6.53. The lowest BCUT2D eigenvalue weighted by Crippen LogP contribution is -3.15. The third-order valence-corrected chi connectivity index (χ3v) is 8.24. The van der Waals surface area contributed by atoms with Crippen molar-refractivity contribution in [3.05, 3.63) is 29.3 Å². The van der Waals surface area contributed by atoms with Gasteiger partial charge in [-0.15, -0.1) is 0 Å². The van der Waals surface area contributed by atoms with Gasteiger partial charge < -0.3 is 15.0 Å². The van der Waals surface area contributed by atoms with Crippen molar-refractivity contribution in [1.29, 1.82) is 0 Å². The van der Waals surface area contributed by atoms with Gasteiger partial charge in [0.25, 0.3) is 5.91 Å². The standard InChI is InChI=1S/C21H31N3O4S/c25-21(22-15-19-6-3-13-28-19)16-23-9-11-24(12-10-23)29(26,27)20-8-7-17-4-1-2-5-18(17)14-20/h7-8,14,19H,1-6,9-13,15-16H2,(H,22,25)/p+1/t19-/m1/s1. The number of aryl methyl sites for hydroxylation is 2. The fourth-order valence-electron chi connectivity index (χ4n) is 4.56. The van der Waals surface area contributed by atoms with E-state index in [-0.39, 0.29) is 12.0 Å². The number of carbonyl (C=O) groups is 1. The van der Waals surface area contributed by atoms with Crippen molar-refractivity contribution in [2.24, 2.45) is 0 Å². The van der Waals surface area contributed by atoms with Crippen molar-refractivity contribution in [1.82, 2.24) is 9.62 Å². The van der Waals surface area contributed by atoms with E-state index in [0.717, 1.165) is 43.6 Å². The molecule has 0 bridgehead atoms. The Balaban J connectivity index is 1.28. The maximum atomic E-state index is 13.1. The van der Waals surface area contributed by atoms with Gasteiger partial charge in [0.05, 0.1) is 37.2 Å². The van der Waals surface area contributed by atoms with Crippen LogP contribution in [0.25, 0.3) is 0 Å². The number of ether oxygens (including phenoxy) is 1. The summed E-state index contributed by atoms with van der Waals surface area (Å²) in [4.78, 5) is 13.7. The molecule has 1 aromatic rings. The summed E-state index contributed by atoms with van der Waals surface area (Å²) in [6, 6.07) is 5.63. The minimum Gasteiger partial charge on any atom is -0.376 e. The maximum Gasteiger partial charge on any atom is 0.275 e. The number of sulfonamides is 1. The molecule has 4 rings (SSSR count). The van der Waals surface area contributed by atoms with Crippen LogP contribution < -0.4 is 10.2 Å². The Morgan fingerprint density at radius 2 is 1.90 bits per heavy atom. The highest BCUT2D eigenvalue weighted by Gasteiger charge is 2.31. The molecule has 0 saturated carbocycles. The zero-order chi connectivity index (χ0) is 20.3. The lowest BCUT2D eigenvalue weighted by Gasteiger charge is -2.31. The van der Waals surface area contributed by atoms with Gasteiger partial charge in [-0.1, -0.05) is 6.07 Å². The Hall–Kier alpha value is -1.48. The predicted molar refractivity (Wildman–Crippen MR) is 109 cm³/mol. The number of rotatable bonds is 6. The van der Waals surface area contributed by atoms with Crippen LogP contribution in [-0.2, 0) is 32.4 Å². The Labute approximate surface area is 173 Å². The van der Waals surface area contributed by atoms with Gasteiger partial charge in [0.2, 0.25) is 10.0 Å². The van der Waals surface area contributed by atoms with Crippen molar-refractivity contribution in [3.8, 4) is 0 Å². The summed E-state index contributed by atoms with van der Waals surface area (Å²) in [5.41, 5.74) is 2.47. The number of hydrogen-bond donors (Lipinski definition) is 2. The average molecular weight is 423 g/mol. The smallest absolute Gasteiger partial charge is 0.275 e. The summed E-state index contributed by atoms with van der Waals surface area (Å²) in [5.74, 6) is 0.0153. The number of hydrogen-bond acceptors (Lipinski definition) is 4. The second kappa shape index (κ2) is 9.12. The maximum absolute atomic E-state index is 13.1. The Morgan fingerprint density at radius 3 is 2.62 bits per heavy atom. The predicted octanol–water partition coefficient (Wildman–Crippen LogP) is -0.250. The molecule has 0 spiro atoms. The molecule has 0 unspecified atom stereocenters. The third kappa shape index (κ3) is 4.99. The fourth-order valence-corrected chi connectivity index (χ4v) is 6.05. The molecule has 0 radical (unpaired) electrons. The van der Waals surface area contributed by atoms with Gasteiger partial charge in [0.15, 0.2) is 6.54 Å². The molecule has 2 N–H and O–H groups in total. The summed E-state index contributed by atoms with van der Waals surface area (Å²) in [6.45, 7) is 3.95. The van der Waals surface area contributed by atoms with Crippen molar-refractivity contribution in [3.63, 3.8) is 0 Å². The highest BCUT2D eigenvalue weighted by Crippen LogP contribution is 2.25. The van der Waals surface area contributed by atoms with E-state index >= 15 is 0 Å². The number of nitrogens with one attached hydrogen (secondary N) is 2. The minimum absolute atomic E-state index is 0.0153. The monoisotopic (exact) mass is 422 g/mol. The summed E-state index contributed by atoms with van der Waals surface area (Å²) in [7, 11) is -3.47. The van der Waals surface area contributed by atoms with Crippen LogP contribution in [0.2, 0.25) is 0 Å². The molecule has 29 heavy (non-hydrogen) atoms. The molecule has 2 heterocycles. The first-order valence-corrected chi connectivity index (χ1v) is 12.3. The van der Waals surface area contributed by atoms with E-state index in [2.05, 4.69) is 5.32 Å². The molecule has 2 aliphatic heterocycles. The molecule has 1 aromatic carbocycles. The molecule has 0 aromatic heterocycles. The highest BCUT2D eigenvalue weighted by molar-refractivity contribution is 7.89. The van der Waals surface area contributed by atoms with E-state index in [1.54, 1.807) is 10.4 Å². The fraction of sp³-hybridized carbons (Fsp3) is 0.667. The van der Waals surface area contributed by atoms with Crippen LogP contribution in [-0.4, -0.2) is 70.6 Å². The molecular formula is C21H32N3O4S+. The van der Waals surface area contributed by atoms with E-state index in [4.69, 9.17) is 4.74 Å². The van der Waals surface area contributed by atoms with Gasteiger partial charge in [-0.05, 0) is 61.8 Å². The molecule has 1 atom stereocenters. The first-order valence-electron chi connectivity index (χ1n) is 10.9. The largest absolute Gasteiger partial charge is 0.376 e. The van der Waals surface area contributed by atoms with Gasteiger partial charge in [-0.3, -0.25) is 4.79 Å². The van der Waals surface area contributed by atoms with Crippen molar-refractivity contribution >= 4 is 15.9 Å². The molecule has 2 saturated heterocycles. The normalized spacial score (nSPS) is 23.7. The zero-order valence-corrected chi connectivity index (χ0v) is 17.8. The summed E-state index contributed by atoms with van der Waals surface area (Å²) in [6.07, 6.45) is 6.55. The van der Waals surface area contributed by atoms with Gasteiger partial charge in [-0.25, -0.2) is 8.42 Å². The van der Waals surface area contributed by atoms with E-state index < -0.39 is 10.0 Å². The second-order valence-corrected chi connectivity index (χ2v) is 10.3. The lowest BCUT2D eigenvalue weighted by atomic mass is 9.92. The molecule has 1 amide bonds. The second-order valence-electron chi connectivity index (χ2n) is 8.41. The van der Waals surface area contributed by atoms with E-state index in [0.29, 0.717) is 44.2 Å². The van der Waals surface area contributed by atoms with Crippen LogP contribution in [0.3, 0.4) is 0 Å². The van der Waals surface area contributed by atoms with Crippen LogP contribution >= 0.6 is 0 Å². The zero-order valence-electron chi connectivity index (χ0n) is 17.0. The van der Waals surface area contributed by atoms with Crippen LogP contribution in [0.15, 0.2) is 23.1 Å².